The summed E-state index contributed by atoms with van der Waals surface area (Å²) in [5, 5.41) is 14.5. The van der Waals surface area contributed by atoms with Crippen LogP contribution in [-0.4, -0.2) is 18.4 Å². The number of aliphatic carboxylic acids is 1. The van der Waals surface area contributed by atoms with Crippen LogP contribution < -0.4 is 40.0 Å². The molecule has 1 saturated carbocycles. The van der Waals surface area contributed by atoms with E-state index in [0.29, 0.717) is 25.8 Å². The van der Waals surface area contributed by atoms with Crippen molar-refractivity contribution in [3.05, 3.63) is 34.3 Å². The molecule has 0 bridgehead atoms. The van der Waals surface area contributed by atoms with Gasteiger partial charge in [0.1, 0.15) is 0 Å². The minimum atomic E-state index is -1.11. The molecule has 114 valence electrons. The number of benzene rings is 1. The van der Waals surface area contributed by atoms with Gasteiger partial charge in [-0.25, -0.2) is 0 Å². The van der Waals surface area contributed by atoms with Crippen LogP contribution in [0, 0.1) is 18.8 Å². The Balaban J connectivity index is 0.00000242. The van der Waals surface area contributed by atoms with Gasteiger partial charge in [0, 0.05) is 29.4 Å². The number of carbonyl (C=O) groups excluding carboxylic acids is 2. The van der Waals surface area contributed by atoms with Gasteiger partial charge in [-0.3, -0.25) is 4.79 Å². The zero-order chi connectivity index (χ0) is 15.4. The third-order valence-corrected chi connectivity index (χ3v) is 4.51. The van der Waals surface area contributed by atoms with E-state index in [1.54, 1.807) is 0 Å². The fourth-order valence-electron chi connectivity index (χ4n) is 2.88. The fourth-order valence-corrected chi connectivity index (χ4v) is 3.00. The molecule has 0 aromatic heterocycles. The topological polar surface area (TPSA) is 69.2 Å². The number of halogens is 1. The number of carbonyl (C=O) groups is 2. The van der Waals surface area contributed by atoms with Gasteiger partial charge in [-0.1, -0.05) is 30.2 Å². The van der Waals surface area contributed by atoms with Gasteiger partial charge < -0.3 is 15.2 Å². The van der Waals surface area contributed by atoms with Crippen LogP contribution in [0.2, 0.25) is 5.02 Å². The average molecular weight is 332 g/mol. The maximum atomic E-state index is 12.0. The molecule has 1 aliphatic rings. The summed E-state index contributed by atoms with van der Waals surface area (Å²) in [5.41, 5.74) is 2.10. The van der Waals surface area contributed by atoms with Gasteiger partial charge in [0.2, 0.25) is 5.91 Å². The molecule has 1 N–H and O–H groups in total. The van der Waals surface area contributed by atoms with Crippen LogP contribution in [0.15, 0.2) is 18.2 Å². The molecule has 1 amide bonds. The van der Waals surface area contributed by atoms with E-state index in [4.69, 9.17) is 11.6 Å². The molecule has 0 spiro atoms. The normalized spacial score (nSPS) is 20.3. The van der Waals surface area contributed by atoms with E-state index >= 15 is 0 Å². The first-order valence-electron chi connectivity index (χ1n) is 7.22. The smallest absolute Gasteiger partial charge is 0.550 e. The van der Waals surface area contributed by atoms with E-state index in [-0.39, 0.29) is 35.5 Å². The van der Waals surface area contributed by atoms with Crippen molar-refractivity contribution in [3.63, 3.8) is 0 Å². The number of rotatable bonds is 5. The number of nitrogens with one attached hydrogen (secondary N) is 1. The third kappa shape index (κ3) is 4.98. The van der Waals surface area contributed by atoms with Crippen molar-refractivity contribution in [1.82, 2.24) is 5.32 Å². The first-order chi connectivity index (χ1) is 9.99. The number of carboxylic acid groups (broad SMARTS) is 1. The minimum Gasteiger partial charge on any atom is -0.550 e. The number of aryl methyl sites for hydroxylation is 1. The molecule has 1 aliphatic carbocycles. The van der Waals surface area contributed by atoms with E-state index in [2.05, 4.69) is 5.32 Å². The summed E-state index contributed by atoms with van der Waals surface area (Å²) >= 11 is 5.97. The summed E-state index contributed by atoms with van der Waals surface area (Å²) in [6, 6.07) is 5.77. The first-order valence-corrected chi connectivity index (χ1v) is 7.60. The Morgan fingerprint density at radius 3 is 2.64 bits per heavy atom. The fraction of sp³-hybridized carbons (Fsp3) is 0.500. The molecule has 22 heavy (non-hydrogen) atoms. The molecular formula is C16H19ClNNaO3. The summed E-state index contributed by atoms with van der Waals surface area (Å²) in [4.78, 5) is 23.0. The Hall–Kier alpha value is -0.550. The van der Waals surface area contributed by atoms with Crippen molar-refractivity contribution in [3.8, 4) is 0 Å². The second kappa shape index (κ2) is 8.92. The molecule has 1 fully saturated rings. The van der Waals surface area contributed by atoms with Crippen LogP contribution >= 0.6 is 11.6 Å². The van der Waals surface area contributed by atoms with Crippen LogP contribution in [0.25, 0.3) is 0 Å². The number of hydrogen-bond donors (Lipinski definition) is 1. The summed E-state index contributed by atoms with van der Waals surface area (Å²) in [6.07, 6.45) is 2.64. The monoisotopic (exact) mass is 331 g/mol. The van der Waals surface area contributed by atoms with Crippen molar-refractivity contribution in [2.45, 2.75) is 32.6 Å². The van der Waals surface area contributed by atoms with E-state index in [1.807, 2.05) is 25.1 Å². The van der Waals surface area contributed by atoms with Crippen molar-refractivity contribution in [1.29, 1.82) is 0 Å². The van der Waals surface area contributed by atoms with Crippen LogP contribution in [-0.2, 0) is 16.0 Å². The molecule has 0 heterocycles. The second-order valence-corrected chi connectivity index (χ2v) is 5.99. The minimum absolute atomic E-state index is 0. The molecule has 0 aliphatic heterocycles. The van der Waals surface area contributed by atoms with Gasteiger partial charge in [-0.15, -0.1) is 0 Å². The molecule has 1 aromatic rings. The van der Waals surface area contributed by atoms with Gasteiger partial charge in [0.25, 0.3) is 0 Å². The largest absolute Gasteiger partial charge is 1.00 e. The molecule has 2 unspecified atom stereocenters. The van der Waals surface area contributed by atoms with Gasteiger partial charge >= 0.3 is 29.6 Å². The van der Waals surface area contributed by atoms with Gasteiger partial charge in [0.05, 0.1) is 0 Å². The summed E-state index contributed by atoms with van der Waals surface area (Å²) < 4.78 is 0. The Morgan fingerprint density at radius 1 is 1.32 bits per heavy atom. The molecule has 6 heteroatoms. The van der Waals surface area contributed by atoms with Crippen LogP contribution in [0.5, 0.6) is 0 Å². The number of hydrogen-bond acceptors (Lipinski definition) is 3. The van der Waals surface area contributed by atoms with E-state index in [1.165, 1.54) is 0 Å². The van der Waals surface area contributed by atoms with Crippen LogP contribution in [0.3, 0.4) is 0 Å². The molecule has 2 rings (SSSR count). The van der Waals surface area contributed by atoms with Crippen molar-refractivity contribution >= 4 is 23.5 Å². The first kappa shape index (κ1) is 19.5. The zero-order valence-electron chi connectivity index (χ0n) is 13.0. The molecule has 0 radical (unpaired) electrons. The second-order valence-electron chi connectivity index (χ2n) is 5.59. The van der Waals surface area contributed by atoms with Gasteiger partial charge in [-0.05, 0) is 43.4 Å². The zero-order valence-corrected chi connectivity index (χ0v) is 15.8. The van der Waals surface area contributed by atoms with E-state index < -0.39 is 17.8 Å². The maximum absolute atomic E-state index is 12.0. The van der Waals surface area contributed by atoms with Crippen molar-refractivity contribution in [2.24, 2.45) is 11.8 Å². The van der Waals surface area contributed by atoms with Crippen molar-refractivity contribution in [2.75, 3.05) is 6.54 Å². The standard InChI is InChI=1S/C16H20ClNO3.Na/c1-10-9-11(5-6-14(10)17)7-8-18-15(19)12-3-2-4-13(12)16(20)21;/h5-6,9,12-13H,2-4,7-8H2,1H3,(H,18,19)(H,20,21);/q;+1/p-1. The van der Waals surface area contributed by atoms with Crippen LogP contribution in [0.1, 0.15) is 30.4 Å². The van der Waals surface area contributed by atoms with Gasteiger partial charge in [0.15, 0.2) is 0 Å². The van der Waals surface area contributed by atoms with Gasteiger partial charge in [-0.2, -0.15) is 0 Å². The van der Waals surface area contributed by atoms with Crippen molar-refractivity contribution < 1.29 is 44.3 Å². The van der Waals surface area contributed by atoms with Crippen LogP contribution in [0.4, 0.5) is 0 Å². The average Bonchev–Trinajstić information content (AvgIpc) is 2.92. The Kier molecular flexibility index (Phi) is 7.90. The van der Waals surface area contributed by atoms with E-state index in [9.17, 15) is 14.7 Å². The predicted octanol–water partition coefficient (Wildman–Crippen LogP) is -1.52. The SMILES string of the molecule is Cc1cc(CCNC(=O)C2CCCC2C(=O)[O-])ccc1Cl.[Na+]. The number of carboxylic acids is 1. The summed E-state index contributed by atoms with van der Waals surface area (Å²) in [5.74, 6) is -2.36. The third-order valence-electron chi connectivity index (χ3n) is 4.09. The molecule has 2 atom stereocenters. The molecular weight excluding hydrogens is 313 g/mol. The molecule has 0 saturated heterocycles. The Bertz CT molecular complexity index is 550. The Morgan fingerprint density at radius 2 is 2.00 bits per heavy atom. The predicted molar refractivity (Wildman–Crippen MR) is 78.7 cm³/mol. The Labute approximate surface area is 157 Å². The summed E-state index contributed by atoms with van der Waals surface area (Å²) in [7, 11) is 0. The number of amides is 1. The summed E-state index contributed by atoms with van der Waals surface area (Å²) in [6.45, 7) is 2.43. The molecule has 4 nitrogen and oxygen atoms in total. The quantitative estimate of drug-likeness (QED) is 0.666. The molecule has 1 aromatic carbocycles. The van der Waals surface area contributed by atoms with E-state index in [0.717, 1.165) is 22.6 Å². The maximum Gasteiger partial charge on any atom is 1.00 e.